The van der Waals surface area contributed by atoms with E-state index in [0.717, 1.165) is 31.1 Å². The Morgan fingerprint density at radius 1 is 0.969 bits per heavy atom. The third kappa shape index (κ3) is 6.52. The van der Waals surface area contributed by atoms with E-state index in [1.165, 1.54) is 11.1 Å². The van der Waals surface area contributed by atoms with Gasteiger partial charge in [-0.3, -0.25) is 4.90 Å². The van der Waals surface area contributed by atoms with Crippen molar-refractivity contribution in [2.75, 3.05) is 33.1 Å². The number of hydrogen-bond acceptors (Lipinski definition) is 5. The maximum Gasteiger partial charge on any atom is 0.196 e. The second-order valence-electron chi connectivity index (χ2n) is 7.41. The molecule has 0 fully saturated rings. The van der Waals surface area contributed by atoms with Crippen LogP contribution in [-0.2, 0) is 19.6 Å². The van der Waals surface area contributed by atoms with Crippen LogP contribution in [-0.4, -0.2) is 38.7 Å². The van der Waals surface area contributed by atoms with Crippen molar-refractivity contribution >= 4 is 11.6 Å². The molecule has 3 rings (SSSR count). The Kier molecular flexibility index (Phi) is 8.57. The largest absolute Gasteiger partial charge is 0.493 e. The standard InChI is InChI=1S/C25H32N4O3/c1-5-26-25(28-21-12-13-23(30-3)24(15-21)31-4)27-16-19-9-6-7-10-20(19)17-29(2)18-22-11-8-14-32-22/h6-15H,5,16-18H2,1-4H3,(H2,26,27,28). The van der Waals surface area contributed by atoms with Crippen LogP contribution in [0.5, 0.6) is 11.5 Å². The molecule has 2 N–H and O–H groups in total. The summed E-state index contributed by atoms with van der Waals surface area (Å²) in [7, 11) is 5.34. The monoisotopic (exact) mass is 436 g/mol. The number of methoxy groups -OCH3 is 2. The molecular weight excluding hydrogens is 404 g/mol. The molecule has 170 valence electrons. The van der Waals surface area contributed by atoms with Crippen LogP contribution in [0.15, 0.2) is 70.3 Å². The molecule has 0 aliphatic heterocycles. The summed E-state index contributed by atoms with van der Waals surface area (Å²) in [5.74, 6) is 3.01. The molecule has 2 aromatic carbocycles. The van der Waals surface area contributed by atoms with E-state index in [1.807, 2.05) is 37.3 Å². The van der Waals surface area contributed by atoms with Gasteiger partial charge < -0.3 is 24.5 Å². The maximum absolute atomic E-state index is 5.47. The first-order chi connectivity index (χ1) is 15.6. The maximum atomic E-state index is 5.47. The number of rotatable bonds is 10. The molecule has 3 aromatic rings. The van der Waals surface area contributed by atoms with Crippen molar-refractivity contribution in [2.24, 2.45) is 4.99 Å². The summed E-state index contributed by atoms with van der Waals surface area (Å²) in [4.78, 5) is 7.04. The highest BCUT2D eigenvalue weighted by molar-refractivity contribution is 5.93. The molecule has 0 amide bonds. The van der Waals surface area contributed by atoms with Gasteiger partial charge in [-0.1, -0.05) is 24.3 Å². The van der Waals surface area contributed by atoms with Crippen molar-refractivity contribution in [3.8, 4) is 11.5 Å². The Bertz CT molecular complexity index is 1000. The molecule has 0 saturated heterocycles. The number of ether oxygens (including phenoxy) is 2. The van der Waals surface area contributed by atoms with Crippen LogP contribution in [0, 0.1) is 0 Å². The van der Waals surface area contributed by atoms with Crippen molar-refractivity contribution in [1.82, 2.24) is 10.2 Å². The van der Waals surface area contributed by atoms with Gasteiger partial charge in [0, 0.05) is 24.8 Å². The number of benzene rings is 2. The predicted octanol–water partition coefficient (Wildman–Crippen LogP) is 4.51. The predicted molar refractivity (Wildman–Crippen MR) is 128 cm³/mol. The van der Waals surface area contributed by atoms with Crippen LogP contribution in [0.25, 0.3) is 0 Å². The number of nitrogens with zero attached hydrogens (tertiary/aromatic N) is 2. The highest BCUT2D eigenvalue weighted by atomic mass is 16.5. The van der Waals surface area contributed by atoms with Gasteiger partial charge in [-0.2, -0.15) is 0 Å². The highest BCUT2D eigenvalue weighted by Crippen LogP contribution is 2.29. The summed E-state index contributed by atoms with van der Waals surface area (Å²) in [6.45, 7) is 4.93. The third-order valence-electron chi connectivity index (χ3n) is 4.96. The molecule has 0 spiro atoms. The van der Waals surface area contributed by atoms with Crippen LogP contribution in [0.3, 0.4) is 0 Å². The first-order valence-corrected chi connectivity index (χ1v) is 10.7. The Balaban J connectivity index is 1.71. The van der Waals surface area contributed by atoms with Gasteiger partial charge in [0.1, 0.15) is 5.76 Å². The molecule has 1 heterocycles. The average Bonchev–Trinajstić information content (AvgIpc) is 3.31. The Morgan fingerprint density at radius 3 is 2.44 bits per heavy atom. The van der Waals surface area contributed by atoms with Crippen molar-refractivity contribution in [2.45, 2.75) is 26.6 Å². The number of furan rings is 1. The van der Waals surface area contributed by atoms with Gasteiger partial charge in [0.25, 0.3) is 0 Å². The van der Waals surface area contributed by atoms with E-state index >= 15 is 0 Å². The lowest BCUT2D eigenvalue weighted by Crippen LogP contribution is -2.30. The van der Waals surface area contributed by atoms with Crippen molar-refractivity contribution < 1.29 is 13.9 Å². The molecule has 0 bridgehead atoms. The normalized spacial score (nSPS) is 11.5. The van der Waals surface area contributed by atoms with E-state index in [0.29, 0.717) is 24.0 Å². The van der Waals surface area contributed by atoms with E-state index in [1.54, 1.807) is 20.5 Å². The molecule has 0 unspecified atom stereocenters. The van der Waals surface area contributed by atoms with Crippen LogP contribution < -0.4 is 20.1 Å². The second-order valence-corrected chi connectivity index (χ2v) is 7.41. The van der Waals surface area contributed by atoms with Gasteiger partial charge in [-0.05, 0) is 49.4 Å². The fraction of sp³-hybridized carbons (Fsp3) is 0.320. The molecule has 0 aliphatic rings. The zero-order valence-electron chi connectivity index (χ0n) is 19.2. The fourth-order valence-corrected chi connectivity index (χ4v) is 3.40. The summed E-state index contributed by atoms with van der Waals surface area (Å²) in [6, 6.07) is 18.0. The summed E-state index contributed by atoms with van der Waals surface area (Å²) >= 11 is 0. The van der Waals surface area contributed by atoms with Crippen molar-refractivity contribution in [3.05, 3.63) is 77.7 Å². The van der Waals surface area contributed by atoms with Gasteiger partial charge in [0.05, 0.1) is 33.6 Å². The molecule has 0 radical (unpaired) electrons. The van der Waals surface area contributed by atoms with E-state index < -0.39 is 0 Å². The van der Waals surface area contributed by atoms with Crippen LogP contribution in [0.2, 0.25) is 0 Å². The number of hydrogen-bond donors (Lipinski definition) is 2. The van der Waals surface area contributed by atoms with E-state index in [-0.39, 0.29) is 0 Å². The zero-order chi connectivity index (χ0) is 22.8. The lowest BCUT2D eigenvalue weighted by atomic mass is 10.1. The molecule has 0 aliphatic carbocycles. The quantitative estimate of drug-likeness (QED) is 0.360. The highest BCUT2D eigenvalue weighted by Gasteiger charge is 2.09. The molecular formula is C25H32N4O3. The van der Waals surface area contributed by atoms with E-state index in [9.17, 15) is 0 Å². The number of guanidine groups is 1. The summed E-state index contributed by atoms with van der Waals surface area (Å²) in [5, 5.41) is 6.65. The third-order valence-corrected chi connectivity index (χ3v) is 4.96. The number of aliphatic imine (C=N–C) groups is 1. The molecule has 0 saturated carbocycles. The average molecular weight is 437 g/mol. The van der Waals surface area contributed by atoms with Crippen LogP contribution >= 0.6 is 0 Å². The minimum Gasteiger partial charge on any atom is -0.493 e. The number of nitrogens with one attached hydrogen (secondary N) is 2. The summed E-state index contributed by atoms with van der Waals surface area (Å²) < 4.78 is 16.2. The van der Waals surface area contributed by atoms with Crippen LogP contribution in [0.4, 0.5) is 5.69 Å². The van der Waals surface area contributed by atoms with Crippen LogP contribution in [0.1, 0.15) is 23.8 Å². The minimum absolute atomic E-state index is 0.563. The zero-order valence-corrected chi connectivity index (χ0v) is 19.2. The molecule has 1 aromatic heterocycles. The molecule has 0 atom stereocenters. The van der Waals surface area contributed by atoms with Gasteiger partial charge in [0.2, 0.25) is 0 Å². The van der Waals surface area contributed by atoms with Gasteiger partial charge in [-0.15, -0.1) is 0 Å². The van der Waals surface area contributed by atoms with Crippen molar-refractivity contribution in [3.63, 3.8) is 0 Å². The van der Waals surface area contributed by atoms with Gasteiger partial charge in [0.15, 0.2) is 17.5 Å². The lowest BCUT2D eigenvalue weighted by Gasteiger charge is -2.18. The number of anilines is 1. The molecule has 7 nitrogen and oxygen atoms in total. The molecule has 32 heavy (non-hydrogen) atoms. The lowest BCUT2D eigenvalue weighted by molar-refractivity contribution is 0.287. The first-order valence-electron chi connectivity index (χ1n) is 10.7. The fourth-order valence-electron chi connectivity index (χ4n) is 3.40. The SMILES string of the molecule is CCNC(=NCc1ccccc1CN(C)Cc1ccco1)Nc1ccc(OC)c(OC)c1. The smallest absolute Gasteiger partial charge is 0.196 e. The Labute approximate surface area is 190 Å². The Morgan fingerprint density at radius 2 is 1.75 bits per heavy atom. The van der Waals surface area contributed by atoms with Gasteiger partial charge in [-0.25, -0.2) is 4.99 Å². The van der Waals surface area contributed by atoms with Crippen molar-refractivity contribution in [1.29, 1.82) is 0 Å². The van der Waals surface area contributed by atoms with Gasteiger partial charge >= 0.3 is 0 Å². The topological polar surface area (TPSA) is 71.3 Å². The summed E-state index contributed by atoms with van der Waals surface area (Å²) in [5.41, 5.74) is 3.30. The second kappa shape index (κ2) is 11.8. The summed E-state index contributed by atoms with van der Waals surface area (Å²) in [6.07, 6.45) is 1.71. The minimum atomic E-state index is 0.563. The van der Waals surface area contributed by atoms with E-state index in [4.69, 9.17) is 18.9 Å². The molecule has 7 heteroatoms. The Hall–Kier alpha value is -3.45. The first kappa shape index (κ1) is 23.2. The van der Waals surface area contributed by atoms with E-state index in [2.05, 4.69) is 46.8 Å².